The fraction of sp³-hybridized carbons (Fsp3) is 0.481. The molecule has 0 bridgehead atoms. The minimum absolute atomic E-state index is 0.145. The van der Waals surface area contributed by atoms with Crippen molar-refractivity contribution in [3.63, 3.8) is 0 Å². The summed E-state index contributed by atoms with van der Waals surface area (Å²) in [5, 5.41) is 23.3. The second-order valence-corrected chi connectivity index (χ2v) is 8.78. The molecular formula is C27H36F2N4O3. The highest BCUT2D eigenvalue weighted by molar-refractivity contribution is 6.00. The summed E-state index contributed by atoms with van der Waals surface area (Å²) in [5.41, 5.74) is -1.27. The number of amidine groups is 1. The van der Waals surface area contributed by atoms with Gasteiger partial charge in [-0.3, -0.25) is 9.79 Å². The summed E-state index contributed by atoms with van der Waals surface area (Å²) in [5.74, 6) is -0.204. The topological polar surface area (TPSA) is 88.4 Å². The second kappa shape index (κ2) is 13.6. The van der Waals surface area contributed by atoms with Crippen molar-refractivity contribution in [2.45, 2.75) is 51.7 Å². The van der Waals surface area contributed by atoms with Crippen molar-refractivity contribution in [1.29, 1.82) is 0 Å². The van der Waals surface area contributed by atoms with Crippen LogP contribution < -0.4 is 5.32 Å². The number of carbonyl (C=O) groups excluding carboxylic acids is 1. The lowest BCUT2D eigenvalue weighted by Gasteiger charge is -2.40. The van der Waals surface area contributed by atoms with Crippen molar-refractivity contribution in [2.24, 2.45) is 4.99 Å². The molecule has 1 aliphatic carbocycles. The van der Waals surface area contributed by atoms with Gasteiger partial charge < -0.3 is 25.3 Å². The van der Waals surface area contributed by atoms with Gasteiger partial charge in [0.2, 0.25) is 5.60 Å². The molecule has 36 heavy (non-hydrogen) atoms. The highest BCUT2D eigenvalue weighted by Crippen LogP contribution is 2.21. The van der Waals surface area contributed by atoms with Gasteiger partial charge in [0.05, 0.1) is 12.6 Å². The Morgan fingerprint density at radius 1 is 1.33 bits per heavy atom. The van der Waals surface area contributed by atoms with Gasteiger partial charge in [0.15, 0.2) is 0 Å². The van der Waals surface area contributed by atoms with Crippen molar-refractivity contribution in [3.8, 4) is 12.5 Å². The lowest BCUT2D eigenvalue weighted by molar-refractivity contribution is -0.166. The van der Waals surface area contributed by atoms with Crippen LogP contribution >= 0.6 is 0 Å². The molecule has 0 radical (unpaired) electrons. The number of allylic oxidation sites excluding steroid dienone is 7. The molecule has 0 spiro atoms. The van der Waals surface area contributed by atoms with Gasteiger partial charge in [-0.25, -0.2) is 8.78 Å². The van der Waals surface area contributed by atoms with Crippen LogP contribution in [0.25, 0.3) is 0 Å². The number of aliphatic hydroxyl groups is 2. The predicted octanol–water partition coefficient (Wildman–Crippen LogP) is 3.33. The first kappa shape index (κ1) is 28.9. The van der Waals surface area contributed by atoms with Crippen molar-refractivity contribution in [3.05, 3.63) is 59.4 Å². The largest absolute Gasteiger partial charge is 0.508 e. The van der Waals surface area contributed by atoms with E-state index in [-0.39, 0.29) is 31.4 Å². The molecule has 1 heterocycles. The number of terminal acetylenes is 1. The van der Waals surface area contributed by atoms with Gasteiger partial charge in [-0.15, -0.1) is 0 Å². The average molecular weight is 503 g/mol. The molecule has 2 aliphatic rings. The van der Waals surface area contributed by atoms with Gasteiger partial charge in [0, 0.05) is 43.4 Å². The zero-order valence-electron chi connectivity index (χ0n) is 21.1. The molecule has 3 N–H and O–H groups in total. The van der Waals surface area contributed by atoms with E-state index in [0.717, 1.165) is 18.9 Å². The van der Waals surface area contributed by atoms with Crippen LogP contribution in [0.1, 0.15) is 33.6 Å². The molecule has 1 aliphatic heterocycles. The molecule has 196 valence electrons. The van der Waals surface area contributed by atoms with Gasteiger partial charge in [-0.1, -0.05) is 49.8 Å². The van der Waals surface area contributed by atoms with Gasteiger partial charge in [-0.05, 0) is 32.8 Å². The number of nitrogens with zero attached hydrogens (tertiary/aromatic N) is 3. The van der Waals surface area contributed by atoms with Gasteiger partial charge >= 0.3 is 0 Å². The molecule has 2 unspecified atom stereocenters. The number of piperazine rings is 1. The summed E-state index contributed by atoms with van der Waals surface area (Å²) >= 11 is 0. The molecule has 0 aromatic carbocycles. The smallest absolute Gasteiger partial charge is 0.275 e. The van der Waals surface area contributed by atoms with E-state index < -0.39 is 17.9 Å². The first-order valence-electron chi connectivity index (χ1n) is 12.1. The molecule has 2 atom stereocenters. The quantitative estimate of drug-likeness (QED) is 0.148. The molecule has 2 rings (SSSR count). The maximum absolute atomic E-state index is 13.2. The fourth-order valence-electron chi connectivity index (χ4n) is 3.78. The van der Waals surface area contributed by atoms with Crippen molar-refractivity contribution in [2.75, 3.05) is 32.7 Å². The van der Waals surface area contributed by atoms with Crippen LogP contribution in [0.2, 0.25) is 0 Å². The van der Waals surface area contributed by atoms with E-state index >= 15 is 0 Å². The Morgan fingerprint density at radius 2 is 2.00 bits per heavy atom. The summed E-state index contributed by atoms with van der Waals surface area (Å²) in [6, 6.07) is 2.19. The number of hydrogen-bond donors (Lipinski definition) is 3. The van der Waals surface area contributed by atoms with E-state index in [4.69, 9.17) is 11.4 Å². The third kappa shape index (κ3) is 7.56. The van der Waals surface area contributed by atoms with Crippen LogP contribution in [0.3, 0.4) is 0 Å². The number of halogens is 2. The third-order valence-corrected chi connectivity index (χ3v) is 6.01. The highest BCUT2D eigenvalue weighted by Gasteiger charge is 2.44. The number of aliphatic imine (C=N–C) groups is 1. The van der Waals surface area contributed by atoms with E-state index in [1.807, 2.05) is 55.2 Å². The van der Waals surface area contributed by atoms with Crippen molar-refractivity contribution >= 4 is 11.7 Å². The summed E-state index contributed by atoms with van der Waals surface area (Å²) in [6.07, 6.45) is 16.9. The monoisotopic (exact) mass is 502 g/mol. The van der Waals surface area contributed by atoms with Gasteiger partial charge in [0.25, 0.3) is 12.3 Å². The molecule has 0 saturated carbocycles. The Hall–Kier alpha value is -3.38. The standard InChI is InChI=1S/C27H36F2N4O3/c1-5-7-9-13-22(20(3)30-6-2)24(31-19-21-12-10-8-11-14-23(21)34)32-15-17-33(18-16-32)26(35)27(4,36)25(28)29/h2,7-10,12-14,20,25,30,34,36H,5,11,15-19H2,1,3-4H3/b9-7-,22-13+,31-24?. The molecule has 9 heteroatoms. The first-order chi connectivity index (χ1) is 17.1. The molecule has 1 amide bonds. The normalized spacial score (nSPS) is 19.9. The molecule has 7 nitrogen and oxygen atoms in total. The highest BCUT2D eigenvalue weighted by atomic mass is 19.3. The van der Waals surface area contributed by atoms with Crippen molar-refractivity contribution in [1.82, 2.24) is 15.1 Å². The van der Waals surface area contributed by atoms with E-state index in [1.54, 1.807) is 6.08 Å². The maximum Gasteiger partial charge on any atom is 0.275 e. The van der Waals surface area contributed by atoms with Crippen LogP contribution in [0.4, 0.5) is 8.78 Å². The Kier molecular flexibility index (Phi) is 10.9. The second-order valence-electron chi connectivity index (χ2n) is 8.78. The summed E-state index contributed by atoms with van der Waals surface area (Å²) in [4.78, 5) is 20.5. The molecule has 1 fully saturated rings. The minimum Gasteiger partial charge on any atom is -0.508 e. The summed E-state index contributed by atoms with van der Waals surface area (Å²) < 4.78 is 26.4. The first-order valence-corrected chi connectivity index (χ1v) is 12.1. The van der Waals surface area contributed by atoms with Crippen LogP contribution in [-0.2, 0) is 4.79 Å². The minimum atomic E-state index is -3.18. The van der Waals surface area contributed by atoms with Gasteiger partial charge in [-0.2, -0.15) is 0 Å². The number of amides is 1. The molecule has 0 aromatic rings. The number of alkyl halides is 2. The van der Waals surface area contributed by atoms with E-state index in [2.05, 4.69) is 11.4 Å². The number of rotatable bonds is 9. The Morgan fingerprint density at radius 3 is 2.61 bits per heavy atom. The van der Waals surface area contributed by atoms with Crippen LogP contribution in [0.15, 0.2) is 64.4 Å². The van der Waals surface area contributed by atoms with Crippen LogP contribution in [-0.4, -0.2) is 82.5 Å². The molecule has 0 aromatic heterocycles. The van der Waals surface area contributed by atoms with Gasteiger partial charge in [0.1, 0.15) is 11.6 Å². The van der Waals surface area contributed by atoms with Crippen LogP contribution in [0.5, 0.6) is 0 Å². The predicted molar refractivity (Wildman–Crippen MR) is 139 cm³/mol. The maximum atomic E-state index is 13.2. The number of nitrogens with one attached hydrogen (secondary N) is 1. The number of hydrogen-bond acceptors (Lipinski definition) is 5. The summed E-state index contributed by atoms with van der Waals surface area (Å²) in [7, 11) is 0. The van der Waals surface area contributed by atoms with E-state index in [0.29, 0.717) is 30.9 Å². The SMILES string of the molecule is C#CNC(C)/C(=C\C=C/CC)C(=NCC1=CC=CCC=C1O)N1CCN(C(=O)C(C)(O)C(F)F)CC1. The zero-order chi connectivity index (χ0) is 26.7. The lowest BCUT2D eigenvalue weighted by atomic mass is 10.0. The third-order valence-electron chi connectivity index (χ3n) is 6.01. The van der Waals surface area contributed by atoms with E-state index in [1.165, 1.54) is 4.90 Å². The van der Waals surface area contributed by atoms with Crippen LogP contribution in [0, 0.1) is 12.5 Å². The fourth-order valence-corrected chi connectivity index (χ4v) is 3.78. The lowest BCUT2D eigenvalue weighted by Crippen LogP contribution is -2.58. The molecular weight excluding hydrogens is 466 g/mol. The van der Waals surface area contributed by atoms with Crippen molar-refractivity contribution < 1.29 is 23.8 Å². The Labute approximate surface area is 212 Å². The zero-order valence-corrected chi connectivity index (χ0v) is 21.1. The Balaban J connectivity index is 2.38. The van der Waals surface area contributed by atoms with E-state index in [9.17, 15) is 23.8 Å². The number of aliphatic hydroxyl groups excluding tert-OH is 1. The summed E-state index contributed by atoms with van der Waals surface area (Å²) in [6.45, 7) is 5.91. The number of carbonyl (C=O) groups is 1. The average Bonchev–Trinajstić information content (AvgIpc) is 3.06. The molecule has 1 saturated heterocycles. The Bertz CT molecular complexity index is 995.